The van der Waals surface area contributed by atoms with Crippen molar-refractivity contribution >= 4 is 5.91 Å². The van der Waals surface area contributed by atoms with E-state index in [2.05, 4.69) is 35.2 Å². The van der Waals surface area contributed by atoms with Crippen LogP contribution in [-0.2, 0) is 11.3 Å². The fourth-order valence-corrected chi connectivity index (χ4v) is 3.14. The van der Waals surface area contributed by atoms with Crippen LogP contribution in [0, 0.1) is 11.3 Å². The molecule has 0 radical (unpaired) electrons. The van der Waals surface area contributed by atoms with Crippen LogP contribution in [0.25, 0.3) is 0 Å². The van der Waals surface area contributed by atoms with Gasteiger partial charge in [-0.1, -0.05) is 42.5 Å². The summed E-state index contributed by atoms with van der Waals surface area (Å²) in [6, 6.07) is 19.5. The van der Waals surface area contributed by atoms with Crippen molar-refractivity contribution in [1.29, 1.82) is 5.26 Å². The minimum Gasteiger partial charge on any atom is -0.482 e. The third kappa shape index (κ3) is 4.84. The molecular weight excluding hydrogens is 326 g/mol. The molecule has 1 saturated heterocycles. The maximum absolute atomic E-state index is 12.5. The van der Waals surface area contributed by atoms with Crippen LogP contribution in [0.1, 0.15) is 17.5 Å². The second kappa shape index (κ2) is 9.02. The van der Waals surface area contributed by atoms with Gasteiger partial charge < -0.3 is 9.64 Å². The van der Waals surface area contributed by atoms with E-state index < -0.39 is 0 Å². The monoisotopic (exact) mass is 349 g/mol. The van der Waals surface area contributed by atoms with E-state index in [1.165, 1.54) is 5.56 Å². The smallest absolute Gasteiger partial charge is 0.260 e. The van der Waals surface area contributed by atoms with Crippen molar-refractivity contribution in [2.45, 2.75) is 13.0 Å². The molecule has 5 heteroatoms. The van der Waals surface area contributed by atoms with Crippen molar-refractivity contribution in [1.82, 2.24) is 9.80 Å². The number of hydrogen-bond acceptors (Lipinski definition) is 4. The SMILES string of the molecule is N#Cc1ccccc1OCC(=O)N1CCCN(Cc2ccccc2)CC1. The summed E-state index contributed by atoms with van der Waals surface area (Å²) in [4.78, 5) is 16.7. The Balaban J connectivity index is 1.50. The van der Waals surface area contributed by atoms with Crippen molar-refractivity contribution in [3.63, 3.8) is 0 Å². The number of benzene rings is 2. The van der Waals surface area contributed by atoms with Gasteiger partial charge in [0.25, 0.3) is 5.91 Å². The molecule has 1 aliphatic heterocycles. The summed E-state index contributed by atoms with van der Waals surface area (Å²) in [7, 11) is 0. The third-order valence-electron chi connectivity index (χ3n) is 4.55. The van der Waals surface area contributed by atoms with Gasteiger partial charge >= 0.3 is 0 Å². The molecule has 1 aliphatic rings. The molecule has 0 bridgehead atoms. The summed E-state index contributed by atoms with van der Waals surface area (Å²) in [5, 5.41) is 9.09. The molecule has 0 spiro atoms. The maximum Gasteiger partial charge on any atom is 0.260 e. The quantitative estimate of drug-likeness (QED) is 0.833. The molecule has 2 aromatic rings. The predicted molar refractivity (Wildman–Crippen MR) is 99.6 cm³/mol. The zero-order valence-corrected chi connectivity index (χ0v) is 14.8. The lowest BCUT2D eigenvalue weighted by atomic mass is 10.2. The lowest BCUT2D eigenvalue weighted by Crippen LogP contribution is -2.38. The second-order valence-electron chi connectivity index (χ2n) is 6.39. The Morgan fingerprint density at radius 1 is 1.00 bits per heavy atom. The van der Waals surface area contributed by atoms with Gasteiger partial charge in [0.15, 0.2) is 6.61 Å². The molecule has 0 N–H and O–H groups in total. The predicted octanol–water partition coefficient (Wildman–Crippen LogP) is 2.67. The highest BCUT2D eigenvalue weighted by Gasteiger charge is 2.20. The molecule has 2 aromatic carbocycles. The molecule has 1 heterocycles. The average molecular weight is 349 g/mol. The summed E-state index contributed by atoms with van der Waals surface area (Å²) in [6.07, 6.45) is 0.952. The highest BCUT2D eigenvalue weighted by molar-refractivity contribution is 5.77. The lowest BCUT2D eigenvalue weighted by molar-refractivity contribution is -0.133. The topological polar surface area (TPSA) is 56.6 Å². The standard InChI is InChI=1S/C21H23N3O2/c22-15-19-9-4-5-10-20(19)26-17-21(25)24-12-6-11-23(13-14-24)16-18-7-2-1-3-8-18/h1-5,7-10H,6,11-14,16-17H2. The van der Waals surface area contributed by atoms with E-state index in [4.69, 9.17) is 10.00 Å². The largest absolute Gasteiger partial charge is 0.482 e. The highest BCUT2D eigenvalue weighted by atomic mass is 16.5. The molecule has 0 aliphatic carbocycles. The van der Waals surface area contributed by atoms with Crippen LogP contribution < -0.4 is 4.74 Å². The molecule has 134 valence electrons. The van der Waals surface area contributed by atoms with Crippen LogP contribution in [0.4, 0.5) is 0 Å². The van der Waals surface area contributed by atoms with Gasteiger partial charge in [-0.2, -0.15) is 5.26 Å². The van der Waals surface area contributed by atoms with E-state index in [-0.39, 0.29) is 12.5 Å². The van der Waals surface area contributed by atoms with Crippen molar-refractivity contribution in [2.24, 2.45) is 0 Å². The Morgan fingerprint density at radius 2 is 1.77 bits per heavy atom. The van der Waals surface area contributed by atoms with Crippen molar-refractivity contribution < 1.29 is 9.53 Å². The normalized spacial score (nSPS) is 15.1. The maximum atomic E-state index is 12.5. The number of ether oxygens (including phenoxy) is 1. The highest BCUT2D eigenvalue weighted by Crippen LogP contribution is 2.17. The summed E-state index contributed by atoms with van der Waals surface area (Å²) < 4.78 is 5.58. The van der Waals surface area contributed by atoms with Crippen molar-refractivity contribution in [2.75, 3.05) is 32.8 Å². The number of carbonyl (C=O) groups excluding carboxylic acids is 1. The van der Waals surface area contributed by atoms with Crippen LogP contribution in [-0.4, -0.2) is 48.5 Å². The number of carbonyl (C=O) groups is 1. The van der Waals surface area contributed by atoms with Crippen LogP contribution in [0.3, 0.4) is 0 Å². The van der Waals surface area contributed by atoms with E-state index >= 15 is 0 Å². The van der Waals surface area contributed by atoms with E-state index in [1.54, 1.807) is 24.3 Å². The minimum absolute atomic E-state index is 0.0284. The van der Waals surface area contributed by atoms with Gasteiger partial charge in [-0.15, -0.1) is 0 Å². The number of hydrogen-bond donors (Lipinski definition) is 0. The van der Waals surface area contributed by atoms with Gasteiger partial charge in [-0.25, -0.2) is 0 Å². The van der Waals surface area contributed by atoms with Crippen molar-refractivity contribution in [3.8, 4) is 11.8 Å². The van der Waals surface area contributed by atoms with E-state index in [0.29, 0.717) is 17.9 Å². The summed E-state index contributed by atoms with van der Waals surface area (Å²) in [5.41, 5.74) is 1.74. The molecule has 1 amide bonds. The fraction of sp³-hybridized carbons (Fsp3) is 0.333. The van der Waals surface area contributed by atoms with E-state index in [9.17, 15) is 4.79 Å². The summed E-state index contributed by atoms with van der Waals surface area (Å²) in [5.74, 6) is 0.434. The fourth-order valence-electron chi connectivity index (χ4n) is 3.14. The molecule has 0 unspecified atom stereocenters. The number of para-hydroxylation sites is 1. The Morgan fingerprint density at radius 3 is 2.58 bits per heavy atom. The third-order valence-corrected chi connectivity index (χ3v) is 4.55. The zero-order chi connectivity index (χ0) is 18.2. The first-order valence-electron chi connectivity index (χ1n) is 8.92. The first kappa shape index (κ1) is 18.0. The molecule has 0 saturated carbocycles. The van der Waals surface area contributed by atoms with E-state index in [0.717, 1.165) is 32.6 Å². The minimum atomic E-state index is -0.0304. The molecule has 26 heavy (non-hydrogen) atoms. The van der Waals surface area contributed by atoms with E-state index in [1.807, 2.05) is 11.0 Å². The van der Waals surface area contributed by atoms with Gasteiger partial charge in [0.2, 0.25) is 0 Å². The van der Waals surface area contributed by atoms with Crippen molar-refractivity contribution in [3.05, 3.63) is 65.7 Å². The number of rotatable bonds is 5. The number of nitrogens with zero attached hydrogens (tertiary/aromatic N) is 3. The summed E-state index contributed by atoms with van der Waals surface area (Å²) >= 11 is 0. The Bertz CT molecular complexity index is 770. The number of amides is 1. The van der Waals surface area contributed by atoms with Gasteiger partial charge in [0.1, 0.15) is 11.8 Å². The van der Waals surface area contributed by atoms with Gasteiger partial charge in [-0.05, 0) is 24.1 Å². The molecular formula is C21H23N3O2. The zero-order valence-electron chi connectivity index (χ0n) is 14.8. The Kier molecular flexibility index (Phi) is 6.24. The lowest BCUT2D eigenvalue weighted by Gasteiger charge is -2.22. The van der Waals surface area contributed by atoms with Gasteiger partial charge in [0.05, 0.1) is 5.56 Å². The summed E-state index contributed by atoms with van der Waals surface area (Å²) in [6.45, 7) is 4.17. The Hall–Kier alpha value is -2.84. The van der Waals surface area contributed by atoms with Crippen LogP contribution in [0.2, 0.25) is 0 Å². The molecule has 5 nitrogen and oxygen atoms in total. The molecule has 1 fully saturated rings. The molecule has 3 rings (SSSR count). The van der Waals surface area contributed by atoms with Gasteiger partial charge in [0, 0.05) is 32.7 Å². The average Bonchev–Trinajstić information content (AvgIpc) is 2.93. The van der Waals surface area contributed by atoms with Crippen LogP contribution >= 0.6 is 0 Å². The number of nitriles is 1. The second-order valence-corrected chi connectivity index (χ2v) is 6.39. The van der Waals surface area contributed by atoms with Gasteiger partial charge in [-0.3, -0.25) is 9.69 Å². The Labute approximate surface area is 154 Å². The van der Waals surface area contributed by atoms with Crippen LogP contribution in [0.5, 0.6) is 5.75 Å². The first-order valence-corrected chi connectivity index (χ1v) is 8.92. The first-order chi connectivity index (χ1) is 12.8. The molecule has 0 atom stereocenters. The van der Waals surface area contributed by atoms with Crippen LogP contribution in [0.15, 0.2) is 54.6 Å². The molecule has 0 aromatic heterocycles.